The summed E-state index contributed by atoms with van der Waals surface area (Å²) in [6, 6.07) is 0. The summed E-state index contributed by atoms with van der Waals surface area (Å²) < 4.78 is 1.89. The fraction of sp³-hybridized carbons (Fsp3) is 0.429. The number of fused-ring (bicyclic) bond motifs is 1. The molecule has 1 aromatic rings. The van der Waals surface area contributed by atoms with E-state index in [2.05, 4.69) is 10.1 Å². The number of hydrogen-bond donors (Lipinski definition) is 0. The maximum atomic E-state index is 4.21. The molecule has 0 aromatic carbocycles. The SMILES string of the molecule is Cn1ncc2c1CCC=N2. The lowest BCUT2D eigenvalue weighted by molar-refractivity contribution is 0.710. The van der Waals surface area contributed by atoms with Crippen LogP contribution in [0.1, 0.15) is 12.1 Å². The standard InChI is InChI=1S/C7H9N3/c1-10-7-3-2-4-8-6(7)5-9-10/h4-5H,2-3H2,1H3. The lowest BCUT2D eigenvalue weighted by atomic mass is 10.2. The van der Waals surface area contributed by atoms with Crippen molar-refractivity contribution in [1.82, 2.24) is 9.78 Å². The van der Waals surface area contributed by atoms with Gasteiger partial charge in [-0.15, -0.1) is 0 Å². The molecule has 0 fully saturated rings. The zero-order chi connectivity index (χ0) is 6.97. The van der Waals surface area contributed by atoms with Gasteiger partial charge in [0.25, 0.3) is 0 Å². The maximum absolute atomic E-state index is 4.21. The quantitative estimate of drug-likeness (QED) is 0.523. The molecule has 0 radical (unpaired) electrons. The van der Waals surface area contributed by atoms with E-state index in [0.29, 0.717) is 0 Å². The van der Waals surface area contributed by atoms with Gasteiger partial charge in [-0.05, 0) is 12.8 Å². The minimum absolute atomic E-state index is 1.04. The highest BCUT2D eigenvalue weighted by molar-refractivity contribution is 5.67. The highest BCUT2D eigenvalue weighted by Crippen LogP contribution is 2.21. The Morgan fingerprint density at radius 2 is 2.50 bits per heavy atom. The Bertz CT molecular complexity index is 272. The Labute approximate surface area is 59.4 Å². The zero-order valence-electron chi connectivity index (χ0n) is 5.91. The summed E-state index contributed by atoms with van der Waals surface area (Å²) in [7, 11) is 1.96. The highest BCUT2D eigenvalue weighted by Gasteiger charge is 2.08. The molecule has 0 saturated carbocycles. The molecule has 2 heterocycles. The third kappa shape index (κ3) is 0.667. The first-order valence-corrected chi connectivity index (χ1v) is 3.41. The lowest BCUT2D eigenvalue weighted by Gasteiger charge is -2.04. The Morgan fingerprint density at radius 1 is 1.60 bits per heavy atom. The molecule has 3 nitrogen and oxygen atoms in total. The fourth-order valence-electron chi connectivity index (χ4n) is 1.21. The van der Waals surface area contributed by atoms with Crippen molar-refractivity contribution in [2.45, 2.75) is 12.8 Å². The number of rotatable bonds is 0. The van der Waals surface area contributed by atoms with Crippen LogP contribution in [0.4, 0.5) is 5.69 Å². The van der Waals surface area contributed by atoms with Crippen molar-refractivity contribution in [3.8, 4) is 0 Å². The first kappa shape index (κ1) is 5.65. The normalized spacial score (nSPS) is 15.3. The number of aryl methyl sites for hydroxylation is 1. The van der Waals surface area contributed by atoms with Gasteiger partial charge in [0.1, 0.15) is 5.69 Å². The van der Waals surface area contributed by atoms with Crippen LogP contribution in [0.15, 0.2) is 11.2 Å². The lowest BCUT2D eigenvalue weighted by Crippen LogP contribution is -2.00. The topological polar surface area (TPSA) is 30.2 Å². The molecule has 0 unspecified atom stereocenters. The van der Waals surface area contributed by atoms with Gasteiger partial charge in [-0.25, -0.2) is 0 Å². The Kier molecular flexibility index (Phi) is 1.09. The van der Waals surface area contributed by atoms with Crippen molar-refractivity contribution in [2.24, 2.45) is 12.0 Å². The molecule has 2 rings (SSSR count). The first-order chi connectivity index (χ1) is 4.88. The van der Waals surface area contributed by atoms with Gasteiger partial charge in [0.05, 0.1) is 11.9 Å². The van der Waals surface area contributed by atoms with Gasteiger partial charge in [-0.2, -0.15) is 5.10 Å². The van der Waals surface area contributed by atoms with E-state index in [9.17, 15) is 0 Å². The summed E-state index contributed by atoms with van der Waals surface area (Å²) in [6.07, 6.45) is 5.89. The summed E-state index contributed by atoms with van der Waals surface area (Å²) in [5, 5.41) is 4.10. The zero-order valence-corrected chi connectivity index (χ0v) is 5.91. The van der Waals surface area contributed by atoms with E-state index in [1.807, 2.05) is 24.1 Å². The second kappa shape index (κ2) is 1.94. The predicted molar refractivity (Wildman–Crippen MR) is 39.7 cm³/mol. The van der Waals surface area contributed by atoms with Crippen LogP contribution in [0, 0.1) is 0 Å². The fourth-order valence-corrected chi connectivity index (χ4v) is 1.21. The van der Waals surface area contributed by atoms with Gasteiger partial charge in [0.2, 0.25) is 0 Å². The smallest absolute Gasteiger partial charge is 0.104 e. The van der Waals surface area contributed by atoms with Crippen molar-refractivity contribution >= 4 is 11.9 Å². The molecular formula is C7H9N3. The molecular weight excluding hydrogens is 126 g/mol. The minimum atomic E-state index is 1.04. The van der Waals surface area contributed by atoms with E-state index < -0.39 is 0 Å². The van der Waals surface area contributed by atoms with E-state index in [1.54, 1.807) is 0 Å². The Balaban J connectivity index is 2.57. The summed E-state index contributed by atoms with van der Waals surface area (Å²) in [4.78, 5) is 4.21. The van der Waals surface area contributed by atoms with Crippen molar-refractivity contribution in [1.29, 1.82) is 0 Å². The van der Waals surface area contributed by atoms with E-state index in [4.69, 9.17) is 0 Å². The van der Waals surface area contributed by atoms with Crippen molar-refractivity contribution in [2.75, 3.05) is 0 Å². The molecule has 0 atom stereocenters. The highest BCUT2D eigenvalue weighted by atomic mass is 15.3. The number of aromatic nitrogens is 2. The molecule has 0 saturated heterocycles. The van der Waals surface area contributed by atoms with Crippen LogP contribution < -0.4 is 0 Å². The van der Waals surface area contributed by atoms with Gasteiger partial charge in [-0.1, -0.05) is 0 Å². The van der Waals surface area contributed by atoms with Crippen LogP contribution in [0.25, 0.3) is 0 Å². The summed E-state index contributed by atoms with van der Waals surface area (Å²) in [5.41, 5.74) is 2.29. The maximum Gasteiger partial charge on any atom is 0.104 e. The third-order valence-electron chi connectivity index (χ3n) is 1.78. The second-order valence-corrected chi connectivity index (χ2v) is 2.45. The molecule has 0 N–H and O–H groups in total. The third-order valence-corrected chi connectivity index (χ3v) is 1.78. The van der Waals surface area contributed by atoms with Gasteiger partial charge >= 0.3 is 0 Å². The molecule has 0 spiro atoms. The molecule has 1 aliphatic rings. The molecule has 52 valence electrons. The van der Waals surface area contributed by atoms with Crippen molar-refractivity contribution < 1.29 is 0 Å². The van der Waals surface area contributed by atoms with E-state index >= 15 is 0 Å². The van der Waals surface area contributed by atoms with Crippen molar-refractivity contribution in [3.05, 3.63) is 11.9 Å². The summed E-state index contributed by atoms with van der Waals surface area (Å²) >= 11 is 0. The molecule has 1 aliphatic heterocycles. The van der Waals surface area contributed by atoms with Crippen LogP contribution in [-0.4, -0.2) is 16.0 Å². The Morgan fingerprint density at radius 3 is 3.30 bits per heavy atom. The van der Waals surface area contributed by atoms with Crippen LogP contribution in [-0.2, 0) is 13.5 Å². The second-order valence-electron chi connectivity index (χ2n) is 2.45. The average Bonchev–Trinajstić information content (AvgIpc) is 2.34. The van der Waals surface area contributed by atoms with E-state index in [-0.39, 0.29) is 0 Å². The number of hydrogen-bond acceptors (Lipinski definition) is 2. The monoisotopic (exact) mass is 135 g/mol. The van der Waals surface area contributed by atoms with E-state index in [1.165, 1.54) is 5.69 Å². The van der Waals surface area contributed by atoms with Crippen LogP contribution >= 0.6 is 0 Å². The molecule has 10 heavy (non-hydrogen) atoms. The average molecular weight is 135 g/mol. The van der Waals surface area contributed by atoms with Gasteiger partial charge in [0, 0.05) is 13.3 Å². The first-order valence-electron chi connectivity index (χ1n) is 3.41. The molecule has 3 heteroatoms. The van der Waals surface area contributed by atoms with Gasteiger partial charge in [-0.3, -0.25) is 9.67 Å². The molecule has 0 aliphatic carbocycles. The molecule has 0 amide bonds. The van der Waals surface area contributed by atoms with Crippen LogP contribution in [0.2, 0.25) is 0 Å². The summed E-state index contributed by atoms with van der Waals surface area (Å²) in [5.74, 6) is 0. The summed E-state index contributed by atoms with van der Waals surface area (Å²) in [6.45, 7) is 0. The van der Waals surface area contributed by atoms with E-state index in [0.717, 1.165) is 18.5 Å². The van der Waals surface area contributed by atoms with Gasteiger partial charge in [0.15, 0.2) is 0 Å². The Hall–Kier alpha value is -1.12. The minimum Gasteiger partial charge on any atom is -0.270 e. The van der Waals surface area contributed by atoms with Gasteiger partial charge < -0.3 is 0 Å². The predicted octanol–water partition coefficient (Wildman–Crippen LogP) is 1.07. The van der Waals surface area contributed by atoms with Crippen LogP contribution in [0.5, 0.6) is 0 Å². The largest absolute Gasteiger partial charge is 0.270 e. The van der Waals surface area contributed by atoms with Crippen molar-refractivity contribution in [3.63, 3.8) is 0 Å². The number of aliphatic imine (C=N–C) groups is 1. The van der Waals surface area contributed by atoms with Crippen LogP contribution in [0.3, 0.4) is 0 Å². The molecule has 0 bridgehead atoms. The number of nitrogens with zero attached hydrogens (tertiary/aromatic N) is 3. The molecule has 1 aromatic heterocycles.